The van der Waals surface area contributed by atoms with Crippen LogP contribution in [0, 0.1) is 5.92 Å². The van der Waals surface area contributed by atoms with Crippen molar-refractivity contribution in [2.45, 2.75) is 70.3 Å². The summed E-state index contributed by atoms with van der Waals surface area (Å²) in [6.07, 6.45) is 7.72. The van der Waals surface area contributed by atoms with Crippen LogP contribution in [0.2, 0.25) is 0 Å². The largest absolute Gasteiger partial charge is 0.444 e. The van der Waals surface area contributed by atoms with E-state index in [0.717, 1.165) is 43.3 Å². The number of nitrogens with one attached hydrogen (secondary N) is 1. The van der Waals surface area contributed by atoms with Crippen LogP contribution in [0.5, 0.6) is 0 Å². The Hall–Kier alpha value is -2.16. The average Bonchev–Trinajstić information content (AvgIpc) is 3.46. The quantitative estimate of drug-likeness (QED) is 0.652. The monoisotopic (exact) mass is 430 g/mol. The normalized spacial score (nSPS) is 22.3. The number of carbonyl (C=O) groups excluding carboxylic acids is 1. The number of pyridine rings is 1. The molecule has 170 valence electrons. The van der Waals surface area contributed by atoms with Crippen molar-refractivity contribution < 1.29 is 19.7 Å². The Kier molecular flexibility index (Phi) is 6.23. The molecule has 2 fully saturated rings. The van der Waals surface area contributed by atoms with E-state index in [9.17, 15) is 15.0 Å². The third-order valence-corrected chi connectivity index (χ3v) is 6.17. The number of imidazole rings is 1. The fourth-order valence-electron chi connectivity index (χ4n) is 4.53. The highest BCUT2D eigenvalue weighted by atomic mass is 16.6. The first kappa shape index (κ1) is 22.0. The zero-order valence-corrected chi connectivity index (χ0v) is 18.6. The van der Waals surface area contributed by atoms with Gasteiger partial charge in [-0.25, -0.2) is 9.78 Å². The molecule has 31 heavy (non-hydrogen) atoms. The first-order valence-corrected chi connectivity index (χ1v) is 11.2. The number of carbonyl (C=O) groups is 1. The highest BCUT2D eigenvalue weighted by molar-refractivity contribution is 5.67. The Bertz CT molecular complexity index is 918. The van der Waals surface area contributed by atoms with E-state index < -0.39 is 24.0 Å². The fourth-order valence-corrected chi connectivity index (χ4v) is 4.53. The van der Waals surface area contributed by atoms with E-state index in [4.69, 9.17) is 4.74 Å². The van der Waals surface area contributed by atoms with E-state index >= 15 is 0 Å². The summed E-state index contributed by atoms with van der Waals surface area (Å²) in [6, 6.07) is 2.12. The average molecular weight is 431 g/mol. The summed E-state index contributed by atoms with van der Waals surface area (Å²) >= 11 is 0. The number of amides is 1. The topological polar surface area (TPSA) is 99.3 Å². The predicted molar refractivity (Wildman–Crippen MR) is 117 cm³/mol. The molecule has 1 aliphatic carbocycles. The summed E-state index contributed by atoms with van der Waals surface area (Å²) in [5, 5.41) is 24.7. The summed E-state index contributed by atoms with van der Waals surface area (Å²) in [4.78, 5) is 18.1. The number of nitrogens with zero attached hydrogens (tertiary/aromatic N) is 3. The number of aromatic nitrogens is 2. The van der Waals surface area contributed by atoms with Crippen molar-refractivity contribution in [2.24, 2.45) is 5.92 Å². The van der Waals surface area contributed by atoms with Crippen LogP contribution in [0.3, 0.4) is 0 Å². The van der Waals surface area contributed by atoms with E-state index in [1.807, 2.05) is 21.7 Å². The standard InChI is InChI=1S/C23H34N4O4/c1-23(2,3)31-22(30)25-12-19(28)26-9-4-5-16(13-26)21(29)20-17(15-6-7-15)8-10-27-14-24-11-18(20)27/h8,10-11,14-16,19,21,28-29H,4-7,9,12-13H2,1-3H3,(H,25,30). The Balaban J connectivity index is 1.43. The molecule has 1 amide bonds. The molecule has 3 heterocycles. The lowest BCUT2D eigenvalue weighted by Crippen LogP contribution is -2.49. The highest BCUT2D eigenvalue weighted by Crippen LogP contribution is 2.45. The molecule has 1 saturated heterocycles. The van der Waals surface area contributed by atoms with Crippen molar-refractivity contribution >= 4 is 11.6 Å². The summed E-state index contributed by atoms with van der Waals surface area (Å²) in [6.45, 7) is 6.79. The Morgan fingerprint density at radius 1 is 1.32 bits per heavy atom. The molecule has 0 spiro atoms. The Morgan fingerprint density at radius 2 is 2.10 bits per heavy atom. The van der Waals surface area contributed by atoms with E-state index in [1.54, 1.807) is 27.1 Å². The molecular formula is C23H34N4O4. The van der Waals surface area contributed by atoms with Gasteiger partial charge in [-0.15, -0.1) is 0 Å². The second kappa shape index (κ2) is 8.76. The molecule has 3 unspecified atom stereocenters. The van der Waals surface area contributed by atoms with E-state index in [0.29, 0.717) is 12.5 Å². The number of likely N-dealkylation sites (tertiary alicyclic amines) is 1. The maximum atomic E-state index is 11.9. The Morgan fingerprint density at radius 3 is 2.81 bits per heavy atom. The molecule has 0 bridgehead atoms. The number of fused-ring (bicyclic) bond motifs is 1. The molecule has 8 nitrogen and oxygen atoms in total. The molecule has 4 rings (SSSR count). The van der Waals surface area contributed by atoms with Crippen molar-refractivity contribution in [1.29, 1.82) is 0 Å². The summed E-state index contributed by atoms with van der Waals surface area (Å²) < 4.78 is 7.20. The van der Waals surface area contributed by atoms with Crippen molar-refractivity contribution in [1.82, 2.24) is 19.6 Å². The first-order chi connectivity index (χ1) is 14.7. The van der Waals surface area contributed by atoms with Crippen LogP contribution < -0.4 is 5.32 Å². The molecule has 3 N–H and O–H groups in total. The number of alkyl carbamates (subject to hydrolysis) is 1. The number of rotatable bonds is 6. The molecule has 2 aliphatic rings. The van der Waals surface area contributed by atoms with Crippen LogP contribution in [0.15, 0.2) is 24.8 Å². The second-order valence-electron chi connectivity index (χ2n) is 9.85. The van der Waals surface area contributed by atoms with Crippen LogP contribution in [0.4, 0.5) is 4.79 Å². The van der Waals surface area contributed by atoms with Gasteiger partial charge in [-0.2, -0.15) is 0 Å². The zero-order valence-electron chi connectivity index (χ0n) is 18.6. The second-order valence-corrected chi connectivity index (χ2v) is 9.85. The van der Waals surface area contributed by atoms with Gasteiger partial charge < -0.3 is 24.7 Å². The van der Waals surface area contributed by atoms with Crippen molar-refractivity contribution in [3.8, 4) is 0 Å². The first-order valence-electron chi connectivity index (χ1n) is 11.2. The van der Waals surface area contributed by atoms with Crippen LogP contribution >= 0.6 is 0 Å². The van der Waals surface area contributed by atoms with Gasteiger partial charge in [0.1, 0.15) is 11.8 Å². The molecule has 2 aromatic heterocycles. The molecule has 1 aliphatic heterocycles. The van der Waals surface area contributed by atoms with E-state index in [1.165, 1.54) is 5.56 Å². The zero-order chi connectivity index (χ0) is 22.2. The van der Waals surface area contributed by atoms with Gasteiger partial charge in [0.15, 0.2) is 0 Å². The Labute approximate surface area is 183 Å². The lowest BCUT2D eigenvalue weighted by molar-refractivity contribution is -0.0436. The molecule has 1 saturated carbocycles. The lowest BCUT2D eigenvalue weighted by Gasteiger charge is -2.38. The van der Waals surface area contributed by atoms with E-state index in [-0.39, 0.29) is 12.5 Å². The number of ether oxygens (including phenoxy) is 1. The lowest BCUT2D eigenvalue weighted by atomic mass is 9.85. The van der Waals surface area contributed by atoms with Crippen molar-refractivity contribution in [2.75, 3.05) is 19.6 Å². The minimum atomic E-state index is -0.823. The van der Waals surface area contributed by atoms with Gasteiger partial charge >= 0.3 is 6.09 Å². The van der Waals surface area contributed by atoms with Crippen molar-refractivity contribution in [3.05, 3.63) is 35.9 Å². The van der Waals surface area contributed by atoms with Crippen molar-refractivity contribution in [3.63, 3.8) is 0 Å². The molecule has 3 atom stereocenters. The predicted octanol–water partition coefficient (Wildman–Crippen LogP) is 2.80. The minimum absolute atomic E-state index is 0.00327. The molecule has 0 aromatic carbocycles. The molecular weight excluding hydrogens is 396 g/mol. The maximum absolute atomic E-state index is 11.9. The van der Waals surface area contributed by atoms with Gasteiger partial charge in [0, 0.05) is 30.8 Å². The number of piperidine rings is 1. The van der Waals surface area contributed by atoms with Gasteiger partial charge in [0.05, 0.1) is 30.7 Å². The number of aliphatic hydroxyl groups is 2. The van der Waals surface area contributed by atoms with Gasteiger partial charge in [-0.05, 0) is 64.0 Å². The van der Waals surface area contributed by atoms with E-state index in [2.05, 4.69) is 16.4 Å². The number of hydrogen-bond donors (Lipinski definition) is 3. The maximum Gasteiger partial charge on any atom is 0.407 e. The number of hydrogen-bond acceptors (Lipinski definition) is 6. The van der Waals surface area contributed by atoms with Crippen LogP contribution in [-0.4, -0.2) is 62.1 Å². The van der Waals surface area contributed by atoms with Gasteiger partial charge in [-0.3, -0.25) is 4.90 Å². The third kappa shape index (κ3) is 5.19. The van der Waals surface area contributed by atoms with Gasteiger partial charge in [0.2, 0.25) is 0 Å². The highest BCUT2D eigenvalue weighted by Gasteiger charge is 2.35. The smallest absolute Gasteiger partial charge is 0.407 e. The van der Waals surface area contributed by atoms with Crippen LogP contribution in [0.1, 0.15) is 69.6 Å². The number of aliphatic hydroxyl groups excluding tert-OH is 2. The molecule has 0 radical (unpaired) electrons. The molecule has 2 aromatic rings. The van der Waals surface area contributed by atoms with Gasteiger partial charge in [0.25, 0.3) is 0 Å². The summed E-state index contributed by atoms with van der Waals surface area (Å²) in [5.74, 6) is 0.524. The van der Waals surface area contributed by atoms with Crippen LogP contribution in [-0.2, 0) is 4.74 Å². The SMILES string of the molecule is CC(C)(C)OC(=O)NCC(O)N1CCCC(C(O)c2c(C3CC3)ccn3cncc23)C1. The fraction of sp³-hybridized carbons (Fsp3) is 0.652. The van der Waals surface area contributed by atoms with Gasteiger partial charge in [-0.1, -0.05) is 0 Å². The third-order valence-electron chi connectivity index (χ3n) is 6.17. The summed E-state index contributed by atoms with van der Waals surface area (Å²) in [7, 11) is 0. The summed E-state index contributed by atoms with van der Waals surface area (Å²) in [5.41, 5.74) is 2.59. The molecule has 8 heteroatoms. The van der Waals surface area contributed by atoms with Crippen LogP contribution in [0.25, 0.3) is 5.52 Å². The minimum Gasteiger partial charge on any atom is -0.444 e.